The van der Waals surface area contributed by atoms with Crippen molar-refractivity contribution in [1.82, 2.24) is 0 Å². The Morgan fingerprint density at radius 2 is 0.979 bits per heavy atom. The van der Waals surface area contributed by atoms with E-state index in [9.17, 15) is 0 Å². The van der Waals surface area contributed by atoms with E-state index in [1.54, 1.807) is 22.7 Å². The van der Waals surface area contributed by atoms with Crippen LogP contribution in [0.5, 0.6) is 0 Å². The van der Waals surface area contributed by atoms with E-state index in [1.165, 1.54) is 65.0 Å². The van der Waals surface area contributed by atoms with Crippen LogP contribution >= 0.6 is 22.7 Å². The Bertz CT molecular complexity index is 2250. The third-order valence-corrected chi connectivity index (χ3v) is 9.86. The second kappa shape index (κ2) is 15.4. The molecular formula is C46H34S2. The molecule has 8 aromatic rings. The number of benzene rings is 6. The highest BCUT2D eigenvalue weighted by molar-refractivity contribution is 7.11. The number of fused-ring (bicyclic) bond motifs is 1. The smallest absolute Gasteiger partial charge is 0.0270 e. The molecule has 2 aromatic heterocycles. The molecule has 0 amide bonds. The lowest BCUT2D eigenvalue weighted by Gasteiger charge is -2.10. The van der Waals surface area contributed by atoms with Crippen molar-refractivity contribution in [3.05, 3.63) is 201 Å². The Morgan fingerprint density at radius 3 is 1.71 bits per heavy atom. The molecule has 0 fully saturated rings. The van der Waals surface area contributed by atoms with E-state index in [-0.39, 0.29) is 0 Å². The maximum Gasteiger partial charge on any atom is 0.0270 e. The molecule has 0 aliphatic heterocycles. The van der Waals surface area contributed by atoms with Gasteiger partial charge in [0.2, 0.25) is 0 Å². The zero-order valence-electron chi connectivity index (χ0n) is 26.4. The molecule has 8 rings (SSSR count). The van der Waals surface area contributed by atoms with Gasteiger partial charge in [-0.05, 0) is 102 Å². The van der Waals surface area contributed by atoms with E-state index in [1.807, 2.05) is 0 Å². The highest BCUT2D eigenvalue weighted by Crippen LogP contribution is 2.31. The first-order valence-electron chi connectivity index (χ1n) is 16.1. The third-order valence-electron chi connectivity index (χ3n) is 8.18. The van der Waals surface area contributed by atoms with Gasteiger partial charge in [0.05, 0.1) is 0 Å². The fourth-order valence-electron chi connectivity index (χ4n) is 5.80. The van der Waals surface area contributed by atoms with Crippen LogP contribution < -0.4 is 0 Å². The largest absolute Gasteiger partial charge is 0.144 e. The number of hydrogen-bond acceptors (Lipinski definition) is 2. The molecule has 0 nitrogen and oxygen atoms in total. The van der Waals surface area contributed by atoms with E-state index in [0.29, 0.717) is 0 Å². The van der Waals surface area contributed by atoms with Crippen molar-refractivity contribution in [2.45, 2.75) is 0 Å². The van der Waals surface area contributed by atoms with Crippen molar-refractivity contribution < 1.29 is 0 Å². The summed E-state index contributed by atoms with van der Waals surface area (Å²) in [7, 11) is 0. The molecule has 230 valence electrons. The van der Waals surface area contributed by atoms with Gasteiger partial charge in [0.25, 0.3) is 0 Å². The lowest BCUT2D eigenvalue weighted by Crippen LogP contribution is -1.86. The lowest BCUT2D eigenvalue weighted by molar-refractivity contribution is 1.57. The average Bonchev–Trinajstić information content (AvgIpc) is 3.89. The van der Waals surface area contributed by atoms with Crippen molar-refractivity contribution in [3.63, 3.8) is 0 Å². The van der Waals surface area contributed by atoms with Gasteiger partial charge >= 0.3 is 0 Å². The maximum absolute atomic E-state index is 2.28. The minimum absolute atomic E-state index is 1.23. The zero-order chi connectivity index (χ0) is 32.4. The predicted molar refractivity (Wildman–Crippen MR) is 213 cm³/mol. The number of hydrogen-bond donors (Lipinski definition) is 0. The van der Waals surface area contributed by atoms with Gasteiger partial charge in [0.1, 0.15) is 0 Å². The van der Waals surface area contributed by atoms with Gasteiger partial charge in [0, 0.05) is 9.75 Å². The minimum Gasteiger partial charge on any atom is -0.144 e. The summed E-state index contributed by atoms with van der Waals surface area (Å²) < 4.78 is 0. The summed E-state index contributed by atoms with van der Waals surface area (Å²) >= 11 is 3.52. The van der Waals surface area contributed by atoms with E-state index < -0.39 is 0 Å². The predicted octanol–water partition coefficient (Wildman–Crippen LogP) is 14.0. The molecule has 0 bridgehead atoms. The van der Waals surface area contributed by atoms with Crippen LogP contribution in [-0.4, -0.2) is 0 Å². The first-order valence-corrected chi connectivity index (χ1v) is 17.8. The summed E-state index contributed by atoms with van der Waals surface area (Å²) in [5.41, 5.74) is 9.99. The van der Waals surface area contributed by atoms with E-state index >= 15 is 0 Å². The summed E-state index contributed by atoms with van der Waals surface area (Å²) in [6.07, 6.45) is 8.77. The van der Waals surface area contributed by atoms with Crippen molar-refractivity contribution in [2.24, 2.45) is 0 Å². The average molecular weight is 651 g/mol. The molecule has 0 saturated heterocycles. The molecular weight excluding hydrogens is 617 g/mol. The van der Waals surface area contributed by atoms with Crippen LogP contribution in [0.3, 0.4) is 0 Å². The Kier molecular flexibility index (Phi) is 9.95. The van der Waals surface area contributed by atoms with Gasteiger partial charge in [0.15, 0.2) is 0 Å². The molecule has 48 heavy (non-hydrogen) atoms. The Hall–Kier alpha value is -5.54. The normalized spacial score (nSPS) is 11.2. The molecule has 2 heteroatoms. The Labute approximate surface area is 291 Å². The fourth-order valence-corrected chi connectivity index (χ4v) is 7.04. The zero-order valence-corrected chi connectivity index (χ0v) is 28.1. The van der Waals surface area contributed by atoms with Crippen LogP contribution in [0.2, 0.25) is 0 Å². The molecule has 0 N–H and O–H groups in total. The van der Waals surface area contributed by atoms with Gasteiger partial charge in [-0.2, -0.15) is 0 Å². The number of rotatable bonds is 7. The molecule has 0 spiro atoms. The second-order valence-corrected chi connectivity index (χ2v) is 13.3. The quantitative estimate of drug-likeness (QED) is 0.161. The van der Waals surface area contributed by atoms with Gasteiger partial charge in [-0.25, -0.2) is 0 Å². The first kappa shape index (κ1) is 31.1. The van der Waals surface area contributed by atoms with Crippen LogP contribution in [0.4, 0.5) is 0 Å². The summed E-state index contributed by atoms with van der Waals surface area (Å²) in [6, 6.07) is 60.0. The van der Waals surface area contributed by atoms with Crippen LogP contribution in [0.1, 0.15) is 20.9 Å². The maximum atomic E-state index is 2.28. The summed E-state index contributed by atoms with van der Waals surface area (Å²) in [5.74, 6) is 0. The van der Waals surface area contributed by atoms with E-state index in [0.717, 1.165) is 0 Å². The van der Waals surface area contributed by atoms with Crippen molar-refractivity contribution >= 4 is 57.8 Å². The van der Waals surface area contributed by atoms with Gasteiger partial charge in [-0.1, -0.05) is 158 Å². The van der Waals surface area contributed by atoms with Crippen LogP contribution in [0, 0.1) is 0 Å². The lowest BCUT2D eigenvalue weighted by atomic mass is 9.94. The van der Waals surface area contributed by atoms with Crippen molar-refractivity contribution in [3.8, 4) is 33.4 Å². The molecule has 0 aliphatic rings. The van der Waals surface area contributed by atoms with Gasteiger partial charge in [-0.3, -0.25) is 0 Å². The number of thiophene rings is 2. The highest BCUT2D eigenvalue weighted by atomic mass is 32.1. The molecule has 0 saturated carbocycles. The Morgan fingerprint density at radius 1 is 0.354 bits per heavy atom. The fraction of sp³-hybridized carbons (Fsp3) is 0. The SMILES string of the molecule is C(=C\c1cc(-c2ccccc2)ccc1-c1ccccc1)/c1cccs1.C(=C\c1cccs1)/c1cccc(-c2cccc3ccccc23)c1. The van der Waals surface area contributed by atoms with Gasteiger partial charge in [-0.15, -0.1) is 22.7 Å². The molecule has 0 aliphatic carbocycles. The van der Waals surface area contributed by atoms with Crippen LogP contribution in [0.25, 0.3) is 68.5 Å². The monoisotopic (exact) mass is 650 g/mol. The van der Waals surface area contributed by atoms with Gasteiger partial charge < -0.3 is 0 Å². The summed E-state index contributed by atoms with van der Waals surface area (Å²) in [5, 5.41) is 6.80. The van der Waals surface area contributed by atoms with E-state index in [2.05, 4.69) is 205 Å². The molecule has 6 aromatic carbocycles. The summed E-state index contributed by atoms with van der Waals surface area (Å²) in [6.45, 7) is 0. The Balaban J connectivity index is 0.000000152. The molecule has 0 radical (unpaired) electrons. The standard InChI is InChI=1S/C24H18S.C22H16S/c1-3-8-19(9-4-1)21-14-16-24(20-10-5-2-6-11-20)22(18-21)13-15-23-12-7-17-25-23;1-2-11-21-18(7-1)8-4-12-22(21)19-9-3-6-17(16-19)13-14-20-10-5-15-23-20/h1-18H;1-16H/b15-13+;14-13+. The molecule has 0 atom stereocenters. The molecule has 2 heterocycles. The van der Waals surface area contributed by atoms with Crippen LogP contribution in [-0.2, 0) is 0 Å². The van der Waals surface area contributed by atoms with Crippen LogP contribution in [0.15, 0.2) is 181 Å². The highest BCUT2D eigenvalue weighted by Gasteiger charge is 2.06. The summed E-state index contributed by atoms with van der Waals surface area (Å²) in [4.78, 5) is 2.55. The molecule has 0 unspecified atom stereocenters. The van der Waals surface area contributed by atoms with Crippen molar-refractivity contribution in [1.29, 1.82) is 0 Å². The van der Waals surface area contributed by atoms with E-state index in [4.69, 9.17) is 0 Å². The minimum atomic E-state index is 1.23. The third kappa shape index (κ3) is 7.70. The first-order chi connectivity index (χ1) is 23.8. The topological polar surface area (TPSA) is 0 Å². The van der Waals surface area contributed by atoms with Crippen molar-refractivity contribution in [2.75, 3.05) is 0 Å². The second-order valence-electron chi connectivity index (χ2n) is 11.4.